The number of rotatable bonds is 5. The van der Waals surface area contributed by atoms with Crippen molar-refractivity contribution in [2.75, 3.05) is 32.1 Å². The third-order valence-corrected chi connectivity index (χ3v) is 4.24. The van der Waals surface area contributed by atoms with Gasteiger partial charge in [-0.15, -0.1) is 0 Å². The van der Waals surface area contributed by atoms with Crippen LogP contribution in [0.25, 0.3) is 0 Å². The van der Waals surface area contributed by atoms with E-state index in [0.717, 1.165) is 18.8 Å². The van der Waals surface area contributed by atoms with E-state index in [1.807, 2.05) is 6.07 Å². The van der Waals surface area contributed by atoms with Crippen LogP contribution in [0.1, 0.15) is 26.7 Å². The summed E-state index contributed by atoms with van der Waals surface area (Å²) in [5, 5.41) is 3.43. The smallest absolute Gasteiger partial charge is 0.167 e. The zero-order valence-electron chi connectivity index (χ0n) is 12.7. The zero-order chi connectivity index (χ0) is 14.5. The van der Waals surface area contributed by atoms with Gasteiger partial charge in [0.05, 0.1) is 7.11 Å². The molecule has 2 rings (SSSR count). The maximum atomic E-state index is 13.7. The Morgan fingerprint density at radius 1 is 1.50 bits per heavy atom. The predicted molar refractivity (Wildman–Crippen MR) is 80.9 cm³/mol. The van der Waals surface area contributed by atoms with E-state index in [2.05, 4.69) is 24.1 Å². The highest BCUT2D eigenvalue weighted by Gasteiger charge is 2.23. The maximum Gasteiger partial charge on any atom is 0.167 e. The van der Waals surface area contributed by atoms with Crippen LogP contribution >= 0.6 is 0 Å². The molecule has 2 unspecified atom stereocenters. The van der Waals surface area contributed by atoms with Crippen LogP contribution in [0.3, 0.4) is 0 Å². The molecular formula is C16H25FN2O. The molecule has 4 heteroatoms. The quantitative estimate of drug-likeness (QED) is 0.895. The second-order valence-corrected chi connectivity index (χ2v) is 5.58. The number of ether oxygens (including phenoxy) is 1. The van der Waals surface area contributed by atoms with Gasteiger partial charge in [0, 0.05) is 24.3 Å². The normalized spacial score (nSPS) is 21.5. The number of nitrogens with one attached hydrogen (secondary N) is 1. The number of piperidine rings is 1. The van der Waals surface area contributed by atoms with E-state index in [4.69, 9.17) is 4.74 Å². The molecular weight excluding hydrogens is 255 g/mol. The molecule has 20 heavy (non-hydrogen) atoms. The minimum Gasteiger partial charge on any atom is -0.494 e. The van der Waals surface area contributed by atoms with Crippen molar-refractivity contribution in [3.8, 4) is 5.75 Å². The van der Waals surface area contributed by atoms with Crippen LogP contribution in [-0.2, 0) is 0 Å². The van der Waals surface area contributed by atoms with Gasteiger partial charge in [-0.1, -0.05) is 6.92 Å². The van der Waals surface area contributed by atoms with E-state index in [0.29, 0.717) is 12.0 Å². The molecule has 0 amide bonds. The van der Waals surface area contributed by atoms with Gasteiger partial charge in [-0.25, -0.2) is 4.39 Å². The first kappa shape index (κ1) is 15.1. The third-order valence-electron chi connectivity index (χ3n) is 4.24. The summed E-state index contributed by atoms with van der Waals surface area (Å²) in [6, 6.07) is 5.40. The van der Waals surface area contributed by atoms with Gasteiger partial charge in [-0.05, 0) is 50.9 Å². The molecule has 1 saturated heterocycles. The fraction of sp³-hybridized carbons (Fsp3) is 0.625. The second-order valence-electron chi connectivity index (χ2n) is 5.58. The van der Waals surface area contributed by atoms with Gasteiger partial charge < -0.3 is 15.0 Å². The van der Waals surface area contributed by atoms with Crippen molar-refractivity contribution in [3.05, 3.63) is 24.0 Å². The predicted octanol–water partition coefficient (Wildman–Crippen LogP) is 3.37. The van der Waals surface area contributed by atoms with E-state index in [9.17, 15) is 4.39 Å². The number of likely N-dealkylation sites (tertiary alicyclic amines) is 1. The summed E-state index contributed by atoms with van der Waals surface area (Å²) in [6.45, 7) is 7.84. The lowest BCUT2D eigenvalue weighted by Gasteiger charge is -2.35. The highest BCUT2D eigenvalue weighted by atomic mass is 19.1. The summed E-state index contributed by atoms with van der Waals surface area (Å²) < 4.78 is 18.6. The van der Waals surface area contributed by atoms with E-state index in [-0.39, 0.29) is 11.6 Å². The number of halogens is 1. The van der Waals surface area contributed by atoms with Crippen LogP contribution < -0.4 is 10.1 Å². The van der Waals surface area contributed by atoms with Gasteiger partial charge in [0.25, 0.3) is 0 Å². The Kier molecular flexibility index (Phi) is 5.24. The number of hydrogen-bond acceptors (Lipinski definition) is 3. The second kappa shape index (κ2) is 6.93. The van der Waals surface area contributed by atoms with Gasteiger partial charge in [0.2, 0.25) is 0 Å². The van der Waals surface area contributed by atoms with E-state index in [1.54, 1.807) is 6.07 Å². The summed E-state index contributed by atoms with van der Waals surface area (Å²) in [7, 11) is 1.48. The van der Waals surface area contributed by atoms with Gasteiger partial charge in [0.15, 0.2) is 11.6 Å². The molecule has 1 fully saturated rings. The first-order valence-corrected chi connectivity index (χ1v) is 7.46. The average Bonchev–Trinajstić information content (AvgIpc) is 2.47. The molecule has 3 nitrogen and oxygen atoms in total. The standard InChI is InChI=1S/C16H25FN2O/c1-4-19-9-5-6-13(11-19)12(2)18-14-7-8-16(20-3)15(17)10-14/h7-8,10,12-13,18H,4-6,9,11H2,1-3H3. The summed E-state index contributed by atoms with van der Waals surface area (Å²) in [5.74, 6) is 0.593. The van der Waals surface area contributed by atoms with Crippen molar-refractivity contribution >= 4 is 5.69 Å². The largest absolute Gasteiger partial charge is 0.494 e. The fourth-order valence-electron chi connectivity index (χ4n) is 2.92. The Bertz CT molecular complexity index is 438. The van der Waals surface area contributed by atoms with Crippen molar-refractivity contribution in [2.45, 2.75) is 32.7 Å². The van der Waals surface area contributed by atoms with Crippen molar-refractivity contribution in [1.29, 1.82) is 0 Å². The fourth-order valence-corrected chi connectivity index (χ4v) is 2.92. The Morgan fingerprint density at radius 2 is 2.30 bits per heavy atom. The summed E-state index contributed by atoms with van der Waals surface area (Å²) in [6.07, 6.45) is 2.49. The number of nitrogens with zero attached hydrogens (tertiary/aromatic N) is 1. The zero-order valence-corrected chi connectivity index (χ0v) is 12.7. The molecule has 0 bridgehead atoms. The van der Waals surface area contributed by atoms with Crippen LogP contribution in [0.2, 0.25) is 0 Å². The minimum absolute atomic E-state index is 0.290. The van der Waals surface area contributed by atoms with Crippen molar-refractivity contribution < 1.29 is 9.13 Å². The van der Waals surface area contributed by atoms with Gasteiger partial charge in [-0.3, -0.25) is 0 Å². The van der Waals surface area contributed by atoms with E-state index in [1.165, 1.54) is 32.6 Å². The molecule has 0 aliphatic carbocycles. The first-order chi connectivity index (χ1) is 9.63. The lowest BCUT2D eigenvalue weighted by atomic mass is 9.91. The number of benzene rings is 1. The van der Waals surface area contributed by atoms with Crippen molar-refractivity contribution in [1.82, 2.24) is 4.90 Å². The molecule has 1 aromatic rings. The summed E-state index contributed by atoms with van der Waals surface area (Å²) in [5.41, 5.74) is 0.824. The Hall–Kier alpha value is -1.29. The molecule has 1 heterocycles. The molecule has 1 N–H and O–H groups in total. The van der Waals surface area contributed by atoms with Crippen LogP contribution in [0.15, 0.2) is 18.2 Å². The molecule has 1 aliphatic heterocycles. The summed E-state index contributed by atoms with van der Waals surface area (Å²) >= 11 is 0. The number of hydrogen-bond donors (Lipinski definition) is 1. The van der Waals surface area contributed by atoms with Crippen molar-refractivity contribution in [2.24, 2.45) is 5.92 Å². The molecule has 2 atom stereocenters. The number of anilines is 1. The minimum atomic E-state index is -0.316. The van der Waals surface area contributed by atoms with Gasteiger partial charge in [0.1, 0.15) is 0 Å². The lowest BCUT2D eigenvalue weighted by Crippen LogP contribution is -2.41. The maximum absolute atomic E-state index is 13.7. The molecule has 0 radical (unpaired) electrons. The Labute approximate surface area is 121 Å². The Balaban J connectivity index is 1.96. The Morgan fingerprint density at radius 3 is 2.95 bits per heavy atom. The van der Waals surface area contributed by atoms with Crippen LogP contribution in [0.5, 0.6) is 5.75 Å². The number of methoxy groups -OCH3 is 1. The van der Waals surface area contributed by atoms with Crippen LogP contribution in [0, 0.1) is 11.7 Å². The third kappa shape index (κ3) is 3.63. The molecule has 112 valence electrons. The molecule has 0 aromatic heterocycles. The SMILES string of the molecule is CCN1CCCC(C(C)Nc2ccc(OC)c(F)c2)C1. The van der Waals surface area contributed by atoms with Crippen molar-refractivity contribution in [3.63, 3.8) is 0 Å². The van der Waals surface area contributed by atoms with Crippen LogP contribution in [0.4, 0.5) is 10.1 Å². The van der Waals surface area contributed by atoms with Gasteiger partial charge >= 0.3 is 0 Å². The average molecular weight is 280 g/mol. The van der Waals surface area contributed by atoms with E-state index < -0.39 is 0 Å². The highest BCUT2D eigenvalue weighted by molar-refractivity contribution is 5.48. The van der Waals surface area contributed by atoms with E-state index >= 15 is 0 Å². The van der Waals surface area contributed by atoms with Crippen LogP contribution in [-0.4, -0.2) is 37.7 Å². The first-order valence-electron chi connectivity index (χ1n) is 7.46. The monoisotopic (exact) mass is 280 g/mol. The molecule has 0 spiro atoms. The molecule has 1 aromatic carbocycles. The lowest BCUT2D eigenvalue weighted by molar-refractivity contribution is 0.172. The van der Waals surface area contributed by atoms with Gasteiger partial charge in [-0.2, -0.15) is 0 Å². The highest BCUT2D eigenvalue weighted by Crippen LogP contribution is 2.25. The summed E-state index contributed by atoms with van der Waals surface area (Å²) in [4.78, 5) is 2.49. The topological polar surface area (TPSA) is 24.5 Å². The molecule has 1 aliphatic rings. The molecule has 0 saturated carbocycles.